The molecule has 0 fully saturated rings. The van der Waals surface area contributed by atoms with Gasteiger partial charge < -0.3 is 4.74 Å². The van der Waals surface area contributed by atoms with Crippen molar-refractivity contribution >= 4 is 20.4 Å². The second-order valence-corrected chi connectivity index (χ2v) is 14.6. The Bertz CT molecular complexity index is 811. The number of halogens is 3. The predicted octanol–water partition coefficient (Wildman–Crippen LogP) is 9.53. The summed E-state index contributed by atoms with van der Waals surface area (Å²) in [5.74, 6) is 0.371. The minimum absolute atomic E-state index is 0.342. The maximum absolute atomic E-state index is 12.8. The van der Waals surface area contributed by atoms with E-state index in [1.54, 1.807) is 24.3 Å². The molecule has 0 saturated carbocycles. The number of unbranched alkanes of at least 4 members (excludes halogenated alkanes) is 15. The molecular formula is C27H47F3O4S2. The van der Waals surface area contributed by atoms with Crippen LogP contribution in [0.2, 0.25) is 0 Å². The Balaban J connectivity index is 2.18. The molecule has 0 radical (unpaired) electrons. The first-order valence-electron chi connectivity index (χ1n) is 13.5. The topological polar surface area (TPSA) is 52.6 Å². The zero-order valence-corrected chi connectivity index (χ0v) is 24.0. The number of alkyl halides is 3. The lowest BCUT2D eigenvalue weighted by atomic mass is 10.0. The van der Waals surface area contributed by atoms with Gasteiger partial charge in [-0.05, 0) is 31.1 Å². The number of para-hydroxylation sites is 1. The average molecular weight is 557 g/mol. The van der Waals surface area contributed by atoms with Gasteiger partial charge in [0.25, 0.3) is 0 Å². The van der Waals surface area contributed by atoms with E-state index in [4.69, 9.17) is 4.74 Å². The van der Waals surface area contributed by atoms with Crippen LogP contribution in [0.3, 0.4) is 0 Å². The van der Waals surface area contributed by atoms with Crippen LogP contribution >= 0.6 is 10.3 Å². The van der Waals surface area contributed by atoms with Crippen molar-refractivity contribution in [2.45, 2.75) is 120 Å². The first kappa shape index (κ1) is 33.1. The molecule has 0 spiro atoms. The van der Waals surface area contributed by atoms with E-state index in [1.165, 1.54) is 96.0 Å². The summed E-state index contributed by atoms with van der Waals surface area (Å²) in [7, 11) is -8.43. The number of rotatable bonds is 21. The summed E-state index contributed by atoms with van der Waals surface area (Å²) in [5, 5.41) is 0. The fourth-order valence-corrected chi connectivity index (χ4v) is 7.52. The van der Waals surface area contributed by atoms with Gasteiger partial charge in [-0.15, -0.1) is 0 Å². The summed E-state index contributed by atoms with van der Waals surface area (Å²) in [4.78, 5) is 0.342. The summed E-state index contributed by atoms with van der Waals surface area (Å²) in [6.07, 6.45) is 23.1. The monoisotopic (exact) mass is 556 g/mol. The summed E-state index contributed by atoms with van der Waals surface area (Å²) in [6, 6.07) is 6.54. The van der Waals surface area contributed by atoms with Crippen molar-refractivity contribution in [3.05, 3.63) is 24.3 Å². The number of hydrogen-bond donors (Lipinski definition) is 0. The maximum Gasteiger partial charge on any atom is 0.523 e. The summed E-state index contributed by atoms with van der Waals surface area (Å²) >= 11 is 0. The Labute approximate surface area is 219 Å². The van der Waals surface area contributed by atoms with Gasteiger partial charge in [0, 0.05) is 0 Å². The van der Waals surface area contributed by atoms with Crippen molar-refractivity contribution in [2.75, 3.05) is 19.1 Å². The van der Waals surface area contributed by atoms with E-state index in [9.17, 15) is 21.6 Å². The molecule has 9 heteroatoms. The third kappa shape index (κ3) is 13.6. The van der Waals surface area contributed by atoms with Crippen molar-refractivity contribution in [3.63, 3.8) is 0 Å². The lowest BCUT2D eigenvalue weighted by Crippen LogP contribution is -2.26. The Morgan fingerprint density at radius 3 is 1.56 bits per heavy atom. The van der Waals surface area contributed by atoms with Crippen LogP contribution in [-0.2, 0) is 13.7 Å². The van der Waals surface area contributed by atoms with E-state index in [2.05, 4.69) is 10.6 Å². The van der Waals surface area contributed by atoms with Gasteiger partial charge in [0.1, 0.15) is 5.75 Å². The van der Waals surface area contributed by atoms with Crippen LogP contribution in [0.4, 0.5) is 13.2 Å². The van der Waals surface area contributed by atoms with Gasteiger partial charge >= 0.3 is 15.6 Å². The summed E-state index contributed by atoms with van der Waals surface area (Å²) < 4.78 is 71.8. The molecule has 0 aromatic heterocycles. The first-order valence-corrected chi connectivity index (χ1v) is 17.3. The molecule has 0 bridgehead atoms. The van der Waals surface area contributed by atoms with Crippen molar-refractivity contribution < 1.29 is 30.0 Å². The molecule has 0 heterocycles. The highest BCUT2D eigenvalue weighted by Crippen LogP contribution is 2.56. The Morgan fingerprint density at radius 2 is 1.11 bits per heavy atom. The largest absolute Gasteiger partial charge is 0.523 e. The van der Waals surface area contributed by atoms with Crippen LogP contribution in [-0.4, -0.2) is 33.0 Å². The molecule has 1 aromatic rings. The molecule has 212 valence electrons. The van der Waals surface area contributed by atoms with Crippen LogP contribution in [0.5, 0.6) is 5.75 Å². The van der Waals surface area contributed by atoms with Gasteiger partial charge in [0.15, 0.2) is 0 Å². The number of benzene rings is 1. The Kier molecular flexibility index (Phi) is 16.1. The van der Waals surface area contributed by atoms with Gasteiger partial charge in [0.2, 0.25) is 0 Å². The highest BCUT2D eigenvalue weighted by molar-refractivity contribution is 8.32. The Hall–Kier alpha value is -0.930. The summed E-state index contributed by atoms with van der Waals surface area (Å²) in [5.41, 5.74) is -5.46. The van der Waals surface area contributed by atoms with Crippen LogP contribution < -0.4 is 4.74 Å². The van der Waals surface area contributed by atoms with E-state index >= 15 is 0 Å². The number of ether oxygens (including phenoxy) is 1. The van der Waals surface area contributed by atoms with E-state index in [1.807, 2.05) is 0 Å². The molecular weight excluding hydrogens is 509 g/mol. The zero-order valence-electron chi connectivity index (χ0n) is 22.4. The lowest BCUT2D eigenvalue weighted by molar-refractivity contribution is -0.0496. The maximum atomic E-state index is 12.8. The molecule has 36 heavy (non-hydrogen) atoms. The number of hydrogen-bond acceptors (Lipinski definition) is 4. The van der Waals surface area contributed by atoms with Gasteiger partial charge in [-0.1, -0.05) is 126 Å². The molecule has 0 N–H and O–H groups in total. The molecule has 1 rings (SSSR count). The van der Waals surface area contributed by atoms with E-state index in [-0.39, 0.29) is 0 Å². The molecule has 0 unspecified atom stereocenters. The molecule has 0 amide bonds. The van der Waals surface area contributed by atoms with Crippen molar-refractivity contribution in [2.24, 2.45) is 0 Å². The second kappa shape index (κ2) is 17.6. The van der Waals surface area contributed by atoms with Crippen LogP contribution in [0.25, 0.3) is 0 Å². The van der Waals surface area contributed by atoms with Gasteiger partial charge in [-0.2, -0.15) is 21.6 Å². The fourth-order valence-electron chi connectivity index (χ4n) is 4.11. The molecule has 0 saturated heterocycles. The Morgan fingerprint density at radius 1 is 0.694 bits per heavy atom. The first-order chi connectivity index (χ1) is 17.0. The molecule has 0 aliphatic heterocycles. The van der Waals surface area contributed by atoms with Crippen molar-refractivity contribution in [1.29, 1.82) is 0 Å². The minimum Gasteiger partial charge on any atom is -0.492 e. The third-order valence-corrected chi connectivity index (χ3v) is 10.2. The quantitative estimate of drug-likeness (QED) is 0.112. The van der Waals surface area contributed by atoms with E-state index in [0.29, 0.717) is 17.3 Å². The van der Waals surface area contributed by atoms with Gasteiger partial charge in [-0.3, -0.25) is 0 Å². The van der Waals surface area contributed by atoms with Crippen molar-refractivity contribution in [3.8, 4) is 5.75 Å². The van der Waals surface area contributed by atoms with Crippen LogP contribution in [0, 0.1) is 0 Å². The van der Waals surface area contributed by atoms with Gasteiger partial charge in [0.05, 0.1) is 11.5 Å². The van der Waals surface area contributed by atoms with Crippen molar-refractivity contribution in [1.82, 2.24) is 0 Å². The minimum atomic E-state index is -5.69. The highest BCUT2D eigenvalue weighted by Gasteiger charge is 2.50. The fraction of sp³-hybridized carbons (Fsp3) is 0.778. The highest BCUT2D eigenvalue weighted by atomic mass is 32.3. The smallest absolute Gasteiger partial charge is 0.492 e. The molecule has 1 aromatic carbocycles. The second-order valence-electron chi connectivity index (χ2n) is 9.80. The molecule has 0 aliphatic carbocycles. The average Bonchev–Trinajstić information content (AvgIpc) is 2.80. The van der Waals surface area contributed by atoms with Gasteiger partial charge in [-0.25, -0.2) is 3.63 Å². The normalized spacial score (nSPS) is 13.2. The van der Waals surface area contributed by atoms with E-state index < -0.39 is 25.9 Å². The standard InChI is InChI=1S/C27H47F3O4S2/c1-4-5-6-7-8-9-10-11-12-13-14-15-16-17-18-21-24-33-25-22-19-20-23-26(25)35(2,3)34-36(31,32)27(28,29)30/h19-20,22-23H,4-18,21,24H2,1-3H3. The molecule has 0 atom stereocenters. The predicted molar refractivity (Wildman–Crippen MR) is 145 cm³/mol. The van der Waals surface area contributed by atoms with E-state index in [0.717, 1.165) is 19.3 Å². The zero-order chi connectivity index (χ0) is 26.9. The van der Waals surface area contributed by atoms with Crippen LogP contribution in [0.1, 0.15) is 110 Å². The SMILES string of the molecule is CCCCCCCCCCCCCCCCCCOc1ccccc1S(C)(C)OS(=O)(=O)C(F)(F)F. The lowest BCUT2D eigenvalue weighted by Gasteiger charge is -2.31. The van der Waals surface area contributed by atoms with Crippen LogP contribution in [0.15, 0.2) is 29.2 Å². The molecule has 0 aliphatic rings. The summed E-state index contributed by atoms with van der Waals surface area (Å²) in [6.45, 7) is 2.68. The third-order valence-electron chi connectivity index (χ3n) is 6.18. The molecule has 4 nitrogen and oxygen atoms in total.